The predicted molar refractivity (Wildman–Crippen MR) is 189 cm³/mol. The predicted octanol–water partition coefficient (Wildman–Crippen LogP) is 9.59. The zero-order chi connectivity index (χ0) is 33.6. The molecule has 4 heteroatoms. The third kappa shape index (κ3) is 8.82. The first-order chi connectivity index (χ1) is 21.0. The summed E-state index contributed by atoms with van der Waals surface area (Å²) in [4.78, 5) is 12.3. The highest BCUT2D eigenvalue weighted by atomic mass is 16.6. The zero-order valence-electron chi connectivity index (χ0n) is 29.5. The van der Waals surface area contributed by atoms with Crippen LogP contribution >= 0.6 is 0 Å². The van der Waals surface area contributed by atoms with Crippen molar-refractivity contribution >= 4 is 5.78 Å². The molecule has 0 spiro atoms. The molecule has 3 aliphatic rings. The second kappa shape index (κ2) is 14.6. The van der Waals surface area contributed by atoms with Crippen LogP contribution in [0.25, 0.3) is 0 Å². The van der Waals surface area contributed by atoms with Crippen molar-refractivity contribution in [1.29, 1.82) is 0 Å². The van der Waals surface area contributed by atoms with E-state index in [9.17, 15) is 9.90 Å². The summed E-state index contributed by atoms with van der Waals surface area (Å²) in [7, 11) is 1.68. The van der Waals surface area contributed by atoms with Crippen molar-refractivity contribution in [3.63, 3.8) is 0 Å². The number of allylic oxidation sites excluding steroid dienone is 18. The van der Waals surface area contributed by atoms with Gasteiger partial charge in [-0.15, -0.1) is 0 Å². The van der Waals surface area contributed by atoms with Crippen molar-refractivity contribution in [2.75, 3.05) is 7.11 Å². The Morgan fingerprint density at radius 2 is 1.27 bits per heavy atom. The van der Waals surface area contributed by atoms with E-state index >= 15 is 0 Å². The lowest BCUT2D eigenvalue weighted by Crippen LogP contribution is -2.46. The van der Waals surface area contributed by atoms with Crippen molar-refractivity contribution in [2.24, 2.45) is 10.8 Å². The van der Waals surface area contributed by atoms with Crippen molar-refractivity contribution < 1.29 is 19.4 Å². The number of fused-ring (bicyclic) bond motifs is 1. The normalized spacial score (nSPS) is 31.0. The van der Waals surface area contributed by atoms with Crippen LogP contribution in [-0.4, -0.2) is 41.4 Å². The molecule has 2 fully saturated rings. The number of epoxide rings is 1. The molecule has 4 atom stereocenters. The minimum absolute atomic E-state index is 0.0850. The lowest BCUT2D eigenvalue weighted by atomic mass is 9.63. The largest absolute Gasteiger partial charge is 0.393 e. The second-order valence-corrected chi connectivity index (χ2v) is 14.6. The molecular weight excluding hydrogens is 556 g/mol. The Kier molecular flexibility index (Phi) is 11.8. The standard InChI is InChI=1S/C41H56O4/c1-29(18-14-20-31(3)22-23-35-37(33(5)42)36(44-11)28-38(35,6)7)16-12-13-17-30(2)19-15-21-32(4)24-25-41-39(8,9)26-34(43)27-40(41,10)45-41/h12-25,34,36,43H,26-28H2,1-11H3/b13-12+,18-14+,19-15+,23-22+,25-24+,29-16+,30-17+,31-20+,32-21-/t34-,36+,40-,41+/m1/s1. The van der Waals surface area contributed by atoms with Crippen molar-refractivity contribution in [1.82, 2.24) is 0 Å². The molecule has 2 aliphatic carbocycles. The number of aliphatic hydroxyl groups is 1. The van der Waals surface area contributed by atoms with Gasteiger partial charge >= 0.3 is 0 Å². The molecule has 0 radical (unpaired) electrons. The maximum Gasteiger partial charge on any atom is 0.158 e. The van der Waals surface area contributed by atoms with Crippen LogP contribution in [0.5, 0.6) is 0 Å². The molecule has 244 valence electrons. The zero-order valence-corrected chi connectivity index (χ0v) is 29.5. The van der Waals surface area contributed by atoms with Crippen molar-refractivity contribution in [3.05, 3.63) is 119 Å². The SMILES string of the molecule is CO[C@H]1CC(C)(C)C(/C=C/C(C)=C/C=C/C(C)=C/C=C/C=C(C)/C=C/C=C(C)\C=C\[C@@]23O[C@]2(C)C[C@H](O)CC3(C)C)=C1C(C)=O. The summed E-state index contributed by atoms with van der Waals surface area (Å²) in [5.74, 6) is 0.0850. The molecule has 1 saturated heterocycles. The topological polar surface area (TPSA) is 59.1 Å². The number of carbonyl (C=O) groups is 1. The van der Waals surface area contributed by atoms with Gasteiger partial charge in [0.15, 0.2) is 5.78 Å². The van der Waals surface area contributed by atoms with Crippen LogP contribution in [-0.2, 0) is 14.3 Å². The van der Waals surface area contributed by atoms with Crippen LogP contribution in [0.15, 0.2) is 119 Å². The molecule has 1 aliphatic heterocycles. The third-order valence-electron chi connectivity index (χ3n) is 9.57. The first-order valence-electron chi connectivity index (χ1n) is 16.2. The molecule has 3 rings (SSSR count). The maximum atomic E-state index is 12.3. The van der Waals surface area contributed by atoms with Crippen LogP contribution < -0.4 is 0 Å². The van der Waals surface area contributed by atoms with Gasteiger partial charge in [-0.3, -0.25) is 4.79 Å². The monoisotopic (exact) mass is 612 g/mol. The molecule has 0 aromatic rings. The number of ketones is 1. The maximum absolute atomic E-state index is 12.3. The Hall–Kier alpha value is -3.05. The molecule has 1 saturated carbocycles. The number of carbonyl (C=O) groups excluding carboxylic acids is 1. The van der Waals surface area contributed by atoms with Gasteiger partial charge in [-0.1, -0.05) is 129 Å². The highest BCUT2D eigenvalue weighted by Gasteiger charge is 2.74. The molecule has 0 aromatic heterocycles. The van der Waals surface area contributed by atoms with E-state index in [0.29, 0.717) is 6.42 Å². The van der Waals surface area contributed by atoms with Crippen LogP contribution in [0.4, 0.5) is 0 Å². The summed E-state index contributed by atoms with van der Waals surface area (Å²) in [6, 6.07) is 0. The van der Waals surface area contributed by atoms with Crippen LogP contribution in [0.1, 0.15) is 88.5 Å². The molecule has 0 bridgehead atoms. The third-order valence-corrected chi connectivity index (χ3v) is 9.57. The molecule has 4 nitrogen and oxygen atoms in total. The van der Waals surface area contributed by atoms with Gasteiger partial charge in [0, 0.05) is 24.5 Å². The van der Waals surface area contributed by atoms with Gasteiger partial charge in [0.2, 0.25) is 0 Å². The van der Waals surface area contributed by atoms with Crippen LogP contribution in [0.3, 0.4) is 0 Å². The quantitative estimate of drug-likeness (QED) is 0.176. The van der Waals surface area contributed by atoms with Gasteiger partial charge in [0.05, 0.1) is 12.2 Å². The van der Waals surface area contributed by atoms with Gasteiger partial charge in [0.25, 0.3) is 0 Å². The van der Waals surface area contributed by atoms with E-state index < -0.39 is 0 Å². The van der Waals surface area contributed by atoms with Gasteiger partial charge in [0.1, 0.15) is 11.2 Å². The summed E-state index contributed by atoms with van der Waals surface area (Å²) < 4.78 is 11.8. The summed E-state index contributed by atoms with van der Waals surface area (Å²) >= 11 is 0. The Morgan fingerprint density at radius 1 is 0.756 bits per heavy atom. The van der Waals surface area contributed by atoms with E-state index in [4.69, 9.17) is 9.47 Å². The van der Waals surface area contributed by atoms with E-state index in [1.54, 1.807) is 14.0 Å². The molecule has 1 heterocycles. The van der Waals surface area contributed by atoms with Crippen LogP contribution in [0.2, 0.25) is 0 Å². The molecular formula is C41H56O4. The summed E-state index contributed by atoms with van der Waals surface area (Å²) in [6.45, 7) is 20.8. The fourth-order valence-electron chi connectivity index (χ4n) is 7.03. The lowest BCUT2D eigenvalue weighted by molar-refractivity contribution is -0.114. The number of rotatable bonds is 12. The van der Waals surface area contributed by atoms with Gasteiger partial charge < -0.3 is 14.6 Å². The number of aliphatic hydroxyl groups excluding tert-OH is 1. The molecule has 45 heavy (non-hydrogen) atoms. The first-order valence-corrected chi connectivity index (χ1v) is 16.2. The summed E-state index contributed by atoms with van der Waals surface area (Å²) in [5.41, 5.74) is 5.69. The minimum atomic E-state index is -0.299. The van der Waals surface area contributed by atoms with Gasteiger partial charge in [-0.25, -0.2) is 0 Å². The van der Waals surface area contributed by atoms with E-state index in [-0.39, 0.29) is 40.0 Å². The highest BCUT2D eigenvalue weighted by Crippen LogP contribution is 2.66. The Labute approximate surface area is 273 Å². The number of ether oxygens (including phenoxy) is 2. The van der Waals surface area contributed by atoms with Gasteiger partial charge in [-0.2, -0.15) is 0 Å². The Bertz CT molecular complexity index is 1430. The van der Waals surface area contributed by atoms with E-state index in [0.717, 1.165) is 46.3 Å². The minimum Gasteiger partial charge on any atom is -0.393 e. The van der Waals surface area contributed by atoms with Crippen molar-refractivity contribution in [3.8, 4) is 0 Å². The average molecular weight is 613 g/mol. The first kappa shape index (κ1) is 36.4. The van der Waals surface area contributed by atoms with E-state index in [2.05, 4.69) is 147 Å². The Morgan fingerprint density at radius 3 is 1.78 bits per heavy atom. The smallest absolute Gasteiger partial charge is 0.158 e. The number of methoxy groups -OCH3 is 1. The average Bonchev–Trinajstić information content (AvgIpc) is 3.46. The Balaban J connectivity index is 1.53. The molecule has 0 unspecified atom stereocenters. The fourth-order valence-corrected chi connectivity index (χ4v) is 7.03. The second-order valence-electron chi connectivity index (χ2n) is 14.6. The summed E-state index contributed by atoms with van der Waals surface area (Å²) in [5, 5.41) is 10.3. The van der Waals surface area contributed by atoms with Crippen molar-refractivity contribution in [2.45, 2.75) is 112 Å². The lowest BCUT2D eigenvalue weighted by Gasteiger charge is -2.39. The van der Waals surface area contributed by atoms with E-state index in [1.165, 1.54) is 0 Å². The number of hydrogen-bond donors (Lipinski definition) is 1. The molecule has 0 amide bonds. The molecule has 1 N–H and O–H groups in total. The van der Waals surface area contributed by atoms with Crippen LogP contribution in [0, 0.1) is 10.8 Å². The number of Topliss-reactive ketones (excluding diaryl/α,β-unsaturated/α-hetero) is 1. The number of hydrogen-bond acceptors (Lipinski definition) is 4. The van der Waals surface area contributed by atoms with Gasteiger partial charge in [-0.05, 0) is 71.4 Å². The molecule has 0 aromatic carbocycles. The highest BCUT2D eigenvalue weighted by molar-refractivity contribution is 5.96. The fraction of sp³-hybridized carbons (Fsp3) is 0.488. The van der Waals surface area contributed by atoms with E-state index in [1.807, 2.05) is 0 Å². The summed E-state index contributed by atoms with van der Waals surface area (Å²) in [6.07, 6.45) is 31.2.